The van der Waals surface area contributed by atoms with Crippen LogP contribution in [-0.4, -0.2) is 36.1 Å². The smallest absolute Gasteiger partial charge is 0.397 e. The minimum Gasteiger partial charge on any atom is -0.479 e. The summed E-state index contributed by atoms with van der Waals surface area (Å²) in [5.41, 5.74) is 4.59. The zero-order valence-corrected chi connectivity index (χ0v) is 28.9. The molecule has 1 aromatic carbocycles. The predicted molar refractivity (Wildman–Crippen MR) is 178 cm³/mol. The van der Waals surface area contributed by atoms with Crippen molar-refractivity contribution in [3.63, 3.8) is 0 Å². The molecule has 0 aliphatic heterocycles. The summed E-state index contributed by atoms with van der Waals surface area (Å²) in [6.07, 6.45) is 9.63. The van der Waals surface area contributed by atoms with Crippen LogP contribution in [0, 0.1) is 46.3 Å². The first-order chi connectivity index (χ1) is 21.6. The van der Waals surface area contributed by atoms with Crippen LogP contribution in [0.3, 0.4) is 0 Å². The molecule has 3 N–H and O–H groups in total. The molecule has 0 bridgehead atoms. The van der Waals surface area contributed by atoms with E-state index in [2.05, 4.69) is 39.6 Å². The van der Waals surface area contributed by atoms with Crippen molar-refractivity contribution in [2.45, 2.75) is 111 Å². The maximum atomic E-state index is 13.0. The van der Waals surface area contributed by atoms with Gasteiger partial charge in [0, 0.05) is 5.57 Å². The first kappa shape index (κ1) is 34.8. The molecule has 0 aromatic heterocycles. The summed E-state index contributed by atoms with van der Waals surface area (Å²) >= 11 is 0. The number of hydrogen-bond acceptors (Lipinski definition) is 5. The van der Waals surface area contributed by atoms with Crippen LogP contribution >= 0.6 is 0 Å². The van der Waals surface area contributed by atoms with Crippen molar-refractivity contribution in [1.29, 1.82) is 0 Å². The van der Waals surface area contributed by atoms with Crippen LogP contribution in [0.5, 0.6) is 0 Å². The second kappa shape index (κ2) is 13.2. The minimum absolute atomic E-state index is 0.0624. The molecule has 0 heterocycles. The van der Waals surface area contributed by atoms with Gasteiger partial charge < -0.3 is 10.4 Å². The van der Waals surface area contributed by atoms with Crippen LogP contribution in [0.4, 0.5) is 0 Å². The van der Waals surface area contributed by atoms with Gasteiger partial charge in [-0.3, -0.25) is 9.35 Å². The Hall–Kier alpha value is -2.49. The monoisotopic (exact) mass is 655 g/mol. The zero-order valence-electron chi connectivity index (χ0n) is 28.1. The van der Waals surface area contributed by atoms with Gasteiger partial charge in [-0.25, -0.2) is 8.98 Å². The first-order valence-corrected chi connectivity index (χ1v) is 18.6. The van der Waals surface area contributed by atoms with Gasteiger partial charge in [0.1, 0.15) is 0 Å². The number of rotatable bonds is 11. The summed E-state index contributed by atoms with van der Waals surface area (Å²) in [4.78, 5) is 24.9. The third kappa shape index (κ3) is 6.61. The molecule has 5 rings (SSSR count). The summed E-state index contributed by atoms with van der Waals surface area (Å²) < 4.78 is 37.5. The van der Waals surface area contributed by atoms with Crippen molar-refractivity contribution in [2.75, 3.05) is 0 Å². The largest absolute Gasteiger partial charge is 0.479 e. The van der Waals surface area contributed by atoms with Crippen LogP contribution in [0.1, 0.15) is 110 Å². The number of carboxylic acids is 1. The molecule has 10 unspecified atom stereocenters. The molecule has 1 amide bonds. The fourth-order valence-corrected chi connectivity index (χ4v) is 11.0. The van der Waals surface area contributed by atoms with Crippen molar-refractivity contribution in [2.24, 2.45) is 46.3 Å². The molecular formula is C37H53NO7S. The zero-order chi connectivity index (χ0) is 33.6. The molecule has 1 aromatic rings. The molecule has 0 spiro atoms. The van der Waals surface area contributed by atoms with Gasteiger partial charge in [0.15, 0.2) is 6.04 Å². The molecule has 3 saturated carbocycles. The van der Waals surface area contributed by atoms with Gasteiger partial charge in [0.05, 0.1) is 6.10 Å². The Bertz CT molecular complexity index is 1470. The number of carbonyl (C=O) groups excluding carboxylic acids is 1. The summed E-state index contributed by atoms with van der Waals surface area (Å²) in [6, 6.07) is 7.62. The maximum absolute atomic E-state index is 13.0. The topological polar surface area (TPSA) is 130 Å². The highest BCUT2D eigenvalue weighted by Gasteiger charge is 2.57. The van der Waals surface area contributed by atoms with Gasteiger partial charge in [0.25, 0.3) is 0 Å². The van der Waals surface area contributed by atoms with Crippen molar-refractivity contribution in [3.05, 3.63) is 59.2 Å². The van der Waals surface area contributed by atoms with Crippen LogP contribution in [0.15, 0.2) is 53.6 Å². The molecular weight excluding hydrogens is 602 g/mol. The number of aliphatic carboxylic acids is 1. The van der Waals surface area contributed by atoms with Crippen molar-refractivity contribution in [1.82, 2.24) is 5.32 Å². The summed E-state index contributed by atoms with van der Waals surface area (Å²) in [7, 11) is -4.47. The fraction of sp³-hybridized carbons (Fsp3) is 0.676. The molecule has 0 saturated heterocycles. The Balaban J connectivity index is 1.22. The van der Waals surface area contributed by atoms with E-state index < -0.39 is 34.4 Å². The molecule has 254 valence electrons. The average molecular weight is 656 g/mol. The quantitative estimate of drug-likeness (QED) is 0.127. The Morgan fingerprint density at radius 3 is 2.39 bits per heavy atom. The molecule has 8 nitrogen and oxygen atoms in total. The molecule has 9 heteroatoms. The lowest BCUT2D eigenvalue weighted by atomic mass is 9.47. The Morgan fingerprint density at radius 2 is 1.74 bits per heavy atom. The van der Waals surface area contributed by atoms with E-state index in [1.807, 2.05) is 13.0 Å². The van der Waals surface area contributed by atoms with E-state index in [4.69, 9.17) is 4.18 Å². The Labute approximate surface area is 275 Å². The van der Waals surface area contributed by atoms with Gasteiger partial charge in [-0.15, -0.1) is 0 Å². The summed E-state index contributed by atoms with van der Waals surface area (Å²) in [6.45, 7) is 15.4. The van der Waals surface area contributed by atoms with Gasteiger partial charge in [0.2, 0.25) is 5.91 Å². The highest BCUT2D eigenvalue weighted by molar-refractivity contribution is 7.80. The van der Waals surface area contributed by atoms with Gasteiger partial charge in [-0.1, -0.05) is 82.7 Å². The van der Waals surface area contributed by atoms with E-state index in [9.17, 15) is 27.7 Å². The lowest BCUT2D eigenvalue weighted by molar-refractivity contribution is -0.141. The second-order valence-corrected chi connectivity index (χ2v) is 16.5. The molecule has 46 heavy (non-hydrogen) atoms. The number of allylic oxidation sites excluding steroid dienone is 2. The number of nitrogens with one attached hydrogen (secondary N) is 1. The van der Waals surface area contributed by atoms with Gasteiger partial charge in [-0.2, -0.15) is 8.42 Å². The maximum Gasteiger partial charge on any atom is 0.397 e. The summed E-state index contributed by atoms with van der Waals surface area (Å²) in [5, 5.41) is 12.4. The third-order valence-corrected chi connectivity index (χ3v) is 13.5. The van der Waals surface area contributed by atoms with Crippen LogP contribution in [0.2, 0.25) is 0 Å². The van der Waals surface area contributed by atoms with Crippen molar-refractivity contribution >= 4 is 22.3 Å². The van der Waals surface area contributed by atoms with E-state index in [1.165, 1.54) is 6.42 Å². The second-order valence-electron chi connectivity index (χ2n) is 15.4. The number of benzene rings is 1. The minimum atomic E-state index is -4.47. The molecule has 4 aliphatic rings. The number of carbonyl (C=O) groups is 2. The van der Waals surface area contributed by atoms with Crippen molar-refractivity contribution < 1.29 is 31.8 Å². The Kier molecular flexibility index (Phi) is 9.99. The van der Waals surface area contributed by atoms with Crippen LogP contribution < -0.4 is 5.32 Å². The third-order valence-electron chi connectivity index (χ3n) is 13.1. The first-order valence-electron chi connectivity index (χ1n) is 17.2. The number of fused-ring (bicyclic) bond motifs is 4. The highest BCUT2D eigenvalue weighted by atomic mass is 32.3. The van der Waals surface area contributed by atoms with E-state index >= 15 is 0 Å². The summed E-state index contributed by atoms with van der Waals surface area (Å²) in [5.74, 6) is 0.442. The van der Waals surface area contributed by atoms with Crippen LogP contribution in [-0.2, 0) is 24.2 Å². The molecule has 0 radical (unpaired) electrons. The van der Waals surface area contributed by atoms with E-state index in [0.717, 1.165) is 51.4 Å². The van der Waals surface area contributed by atoms with Crippen molar-refractivity contribution in [3.8, 4) is 0 Å². The standard InChI is InChI=1S/C37H53NO7S/c1-22(24(3)34(39)38-33(35(40)41)26-10-8-7-9-11-26)12-13-23(2)28-16-17-30-27-14-15-29-25(4)32(45-46(42,43)44)19-21-37(29,6)31(27)18-20-36(28,30)5/h7-11,22-23,25,28-29,31-33H,3,12-21H2,1-2,4-6H3,(H,38,39)(H,40,41)(H,42,43,44). The normalized spacial score (nSPS) is 34.4. The van der Waals surface area contributed by atoms with E-state index in [0.29, 0.717) is 41.2 Å². The highest BCUT2D eigenvalue weighted by Crippen LogP contribution is 2.66. The molecule has 3 fully saturated rings. The number of hydrogen-bond donors (Lipinski definition) is 3. The molecule has 10 atom stereocenters. The van der Waals surface area contributed by atoms with E-state index in [-0.39, 0.29) is 22.7 Å². The number of amides is 1. The predicted octanol–water partition coefficient (Wildman–Crippen LogP) is 7.69. The lowest BCUT2D eigenvalue weighted by Crippen LogP contribution is -2.52. The van der Waals surface area contributed by atoms with Crippen LogP contribution in [0.25, 0.3) is 0 Å². The number of carboxylic acid groups (broad SMARTS) is 1. The lowest BCUT2D eigenvalue weighted by Gasteiger charge is -2.58. The molecule has 4 aliphatic carbocycles. The average Bonchev–Trinajstić information content (AvgIpc) is 3.36. The van der Waals surface area contributed by atoms with Gasteiger partial charge >= 0.3 is 16.4 Å². The fourth-order valence-electron chi connectivity index (χ4n) is 10.4. The van der Waals surface area contributed by atoms with E-state index in [1.54, 1.807) is 35.4 Å². The SMILES string of the molecule is C=C(C(=O)NC(C(=O)O)c1ccccc1)C(C)CCC(C)C1CCC2=C3CCC4C(C)C(OS(=O)(=O)O)CCC4(C)C3CCC21C. The Morgan fingerprint density at radius 1 is 1.04 bits per heavy atom. The van der Waals surface area contributed by atoms with Gasteiger partial charge in [-0.05, 0) is 116 Å².